The topological polar surface area (TPSA) is 0 Å². The van der Waals surface area contributed by atoms with Gasteiger partial charge in [-0.25, -0.2) is 0 Å². The summed E-state index contributed by atoms with van der Waals surface area (Å²) in [6.07, 6.45) is 4.19. The maximum absolute atomic E-state index is 3.99. The molecule has 0 nitrogen and oxygen atoms in total. The third-order valence-electron chi connectivity index (χ3n) is 3.81. The molecule has 0 aromatic heterocycles. The van der Waals surface area contributed by atoms with Gasteiger partial charge in [0.15, 0.2) is 0 Å². The molecule has 0 aliphatic rings. The van der Waals surface area contributed by atoms with Crippen molar-refractivity contribution in [3.05, 3.63) is 90.0 Å². The molecule has 0 atom stereocenters. The Hall–Kier alpha value is -2.60. The summed E-state index contributed by atoms with van der Waals surface area (Å²) in [4.78, 5) is 0. The zero-order valence-corrected chi connectivity index (χ0v) is 12.2. The summed E-state index contributed by atoms with van der Waals surface area (Å²) in [5.74, 6) is 0. The van der Waals surface area contributed by atoms with Crippen LogP contribution in [0.2, 0.25) is 0 Å². The molecular weight excluding hydrogens is 252 g/mol. The van der Waals surface area contributed by atoms with Crippen LogP contribution in [0.3, 0.4) is 0 Å². The maximum Gasteiger partial charge on any atom is -0.0106 e. The van der Waals surface area contributed by atoms with E-state index in [0.29, 0.717) is 0 Å². The Morgan fingerprint density at radius 2 is 1.57 bits per heavy atom. The van der Waals surface area contributed by atoms with Gasteiger partial charge in [-0.1, -0.05) is 85.5 Å². The lowest BCUT2D eigenvalue weighted by molar-refractivity contribution is 1.57. The molecule has 0 aliphatic carbocycles. The second kappa shape index (κ2) is 5.80. The van der Waals surface area contributed by atoms with E-state index in [2.05, 4.69) is 80.2 Å². The number of benzene rings is 3. The minimum Gasteiger partial charge on any atom is -0.0984 e. The molecule has 0 radical (unpaired) electrons. The zero-order chi connectivity index (χ0) is 14.7. The van der Waals surface area contributed by atoms with Crippen LogP contribution in [0, 0.1) is 0 Å². The van der Waals surface area contributed by atoms with Gasteiger partial charge in [0.1, 0.15) is 0 Å². The average molecular weight is 270 g/mol. The number of fused-ring (bicyclic) bond motifs is 1. The van der Waals surface area contributed by atoms with Crippen LogP contribution in [0.1, 0.15) is 23.6 Å². The van der Waals surface area contributed by atoms with Gasteiger partial charge in [0.2, 0.25) is 0 Å². The summed E-state index contributed by atoms with van der Waals surface area (Å²) in [7, 11) is 0. The Labute approximate surface area is 126 Å². The fourth-order valence-electron chi connectivity index (χ4n) is 2.68. The molecule has 102 valence electrons. The van der Waals surface area contributed by atoms with Crippen molar-refractivity contribution in [3.63, 3.8) is 0 Å². The largest absolute Gasteiger partial charge is 0.0984 e. The van der Waals surface area contributed by atoms with Gasteiger partial charge >= 0.3 is 0 Å². The van der Waals surface area contributed by atoms with E-state index < -0.39 is 0 Å². The van der Waals surface area contributed by atoms with Crippen LogP contribution in [-0.4, -0.2) is 0 Å². The van der Waals surface area contributed by atoms with E-state index in [1.165, 1.54) is 33.0 Å². The second-order valence-electron chi connectivity index (χ2n) is 5.19. The summed E-state index contributed by atoms with van der Waals surface area (Å²) >= 11 is 0. The minimum absolute atomic E-state index is 1.20. The second-order valence-corrected chi connectivity index (χ2v) is 5.19. The molecule has 0 heterocycles. The van der Waals surface area contributed by atoms with Gasteiger partial charge in [-0.2, -0.15) is 0 Å². The van der Waals surface area contributed by atoms with Crippen molar-refractivity contribution in [1.29, 1.82) is 0 Å². The van der Waals surface area contributed by atoms with E-state index in [-0.39, 0.29) is 0 Å². The molecule has 0 fully saturated rings. The van der Waals surface area contributed by atoms with Gasteiger partial charge in [0, 0.05) is 0 Å². The van der Waals surface area contributed by atoms with E-state index in [1.54, 1.807) is 0 Å². The molecule has 0 bridgehead atoms. The summed E-state index contributed by atoms with van der Waals surface area (Å²) in [6, 6.07) is 23.2. The van der Waals surface area contributed by atoms with Crippen LogP contribution in [-0.2, 0) is 0 Å². The highest BCUT2D eigenvalue weighted by molar-refractivity contribution is 5.96. The number of rotatable bonds is 3. The number of hydrogen-bond donors (Lipinski definition) is 0. The minimum atomic E-state index is 1.20. The molecule has 3 aromatic rings. The van der Waals surface area contributed by atoms with E-state index >= 15 is 0 Å². The van der Waals surface area contributed by atoms with E-state index in [1.807, 2.05) is 12.1 Å². The summed E-state index contributed by atoms with van der Waals surface area (Å²) in [5, 5.41) is 2.50. The van der Waals surface area contributed by atoms with Crippen LogP contribution in [0.5, 0.6) is 0 Å². The molecule has 0 aliphatic heterocycles. The first-order valence-corrected chi connectivity index (χ1v) is 7.17. The van der Waals surface area contributed by atoms with E-state index in [9.17, 15) is 0 Å². The lowest BCUT2D eigenvalue weighted by atomic mass is 9.96. The fraction of sp³-hybridized carbons (Fsp3) is 0.0476. The SMILES string of the molecule is C=Cc1c(C=C(C)c2ccccc2)ccc2ccccc12. The number of allylic oxidation sites excluding steroid dienone is 1. The monoisotopic (exact) mass is 270 g/mol. The molecule has 0 unspecified atom stereocenters. The first-order valence-electron chi connectivity index (χ1n) is 7.17. The Kier molecular flexibility index (Phi) is 3.70. The first kappa shape index (κ1) is 13.4. The lowest BCUT2D eigenvalue weighted by Crippen LogP contribution is -1.86. The van der Waals surface area contributed by atoms with E-state index in [4.69, 9.17) is 0 Å². The van der Waals surface area contributed by atoms with Crippen LogP contribution in [0.15, 0.2) is 73.3 Å². The van der Waals surface area contributed by atoms with Crippen molar-refractivity contribution in [2.24, 2.45) is 0 Å². The zero-order valence-electron chi connectivity index (χ0n) is 12.2. The van der Waals surface area contributed by atoms with Crippen molar-refractivity contribution in [2.45, 2.75) is 6.92 Å². The third kappa shape index (κ3) is 2.66. The number of hydrogen-bond acceptors (Lipinski definition) is 0. The standard InChI is InChI=1S/C21H18/c1-3-20-19(14-13-18-11-7-8-12-21(18)20)15-16(2)17-9-5-4-6-10-17/h3-15H,1H2,2H3. The Bertz CT molecular complexity index is 808. The molecule has 0 amide bonds. The van der Waals surface area contributed by atoms with Gasteiger partial charge in [-0.15, -0.1) is 0 Å². The Balaban J connectivity index is 2.15. The van der Waals surface area contributed by atoms with Crippen molar-refractivity contribution >= 4 is 28.5 Å². The molecule has 0 N–H and O–H groups in total. The van der Waals surface area contributed by atoms with Crippen molar-refractivity contribution in [3.8, 4) is 0 Å². The predicted molar refractivity (Wildman–Crippen MR) is 94.0 cm³/mol. The molecule has 0 heteroatoms. The highest BCUT2D eigenvalue weighted by Gasteiger charge is 2.03. The van der Waals surface area contributed by atoms with E-state index in [0.717, 1.165) is 0 Å². The predicted octanol–water partition coefficient (Wildman–Crippen LogP) is 6.04. The first-order chi connectivity index (χ1) is 10.3. The normalized spacial score (nSPS) is 11.6. The highest BCUT2D eigenvalue weighted by Crippen LogP contribution is 2.27. The summed E-state index contributed by atoms with van der Waals surface area (Å²) in [5.41, 5.74) is 4.92. The van der Waals surface area contributed by atoms with Gasteiger partial charge in [0.25, 0.3) is 0 Å². The molecule has 3 rings (SSSR count). The van der Waals surface area contributed by atoms with Gasteiger partial charge in [-0.05, 0) is 40.0 Å². The average Bonchev–Trinajstić information content (AvgIpc) is 2.55. The van der Waals surface area contributed by atoms with Crippen molar-refractivity contribution < 1.29 is 0 Å². The molecule has 3 aromatic carbocycles. The Morgan fingerprint density at radius 3 is 2.33 bits per heavy atom. The smallest absolute Gasteiger partial charge is 0.0106 e. The fourth-order valence-corrected chi connectivity index (χ4v) is 2.68. The molecule has 21 heavy (non-hydrogen) atoms. The van der Waals surface area contributed by atoms with Crippen molar-refractivity contribution in [1.82, 2.24) is 0 Å². The summed E-state index contributed by atoms with van der Waals surface area (Å²) < 4.78 is 0. The highest BCUT2D eigenvalue weighted by atomic mass is 14.1. The maximum atomic E-state index is 3.99. The molecule has 0 saturated heterocycles. The Morgan fingerprint density at radius 1 is 0.857 bits per heavy atom. The van der Waals surface area contributed by atoms with Crippen LogP contribution in [0.4, 0.5) is 0 Å². The van der Waals surface area contributed by atoms with Crippen LogP contribution in [0.25, 0.3) is 28.5 Å². The molecule has 0 spiro atoms. The van der Waals surface area contributed by atoms with Crippen molar-refractivity contribution in [2.75, 3.05) is 0 Å². The van der Waals surface area contributed by atoms with Gasteiger partial charge in [-0.3, -0.25) is 0 Å². The quantitative estimate of drug-likeness (QED) is 0.509. The van der Waals surface area contributed by atoms with Crippen LogP contribution < -0.4 is 0 Å². The van der Waals surface area contributed by atoms with Gasteiger partial charge in [0.05, 0.1) is 0 Å². The summed E-state index contributed by atoms with van der Waals surface area (Å²) in [6.45, 7) is 6.14. The lowest BCUT2D eigenvalue weighted by Gasteiger charge is -2.08. The molecule has 0 saturated carbocycles. The third-order valence-corrected chi connectivity index (χ3v) is 3.81. The van der Waals surface area contributed by atoms with Gasteiger partial charge < -0.3 is 0 Å². The molecular formula is C21H18. The van der Waals surface area contributed by atoms with Crippen LogP contribution >= 0.6 is 0 Å².